The van der Waals surface area contributed by atoms with E-state index >= 15 is 0 Å². The van der Waals surface area contributed by atoms with Gasteiger partial charge in [-0.1, -0.05) is 23.7 Å². The molecule has 1 aliphatic heterocycles. The highest BCUT2D eigenvalue weighted by Crippen LogP contribution is 2.40. The maximum atomic E-state index is 5.90. The summed E-state index contributed by atoms with van der Waals surface area (Å²) in [6.45, 7) is 1.06. The zero-order valence-electron chi connectivity index (χ0n) is 10.1. The van der Waals surface area contributed by atoms with Crippen molar-refractivity contribution in [1.82, 2.24) is 0 Å². The van der Waals surface area contributed by atoms with Crippen molar-refractivity contribution in [3.8, 4) is 5.75 Å². The second kappa shape index (κ2) is 4.54. The van der Waals surface area contributed by atoms with E-state index in [-0.39, 0.29) is 0 Å². The molecule has 1 atom stereocenters. The van der Waals surface area contributed by atoms with Crippen molar-refractivity contribution < 1.29 is 4.74 Å². The van der Waals surface area contributed by atoms with Gasteiger partial charge in [-0.3, -0.25) is 0 Å². The molecule has 0 bridgehead atoms. The minimum absolute atomic E-state index is 0.482. The molecule has 0 amide bonds. The molecule has 1 fully saturated rings. The number of anilines is 1. The lowest BCUT2D eigenvalue weighted by atomic mass is 10.1. The summed E-state index contributed by atoms with van der Waals surface area (Å²) >= 11 is 5.90. The van der Waals surface area contributed by atoms with E-state index in [9.17, 15) is 0 Å². The molecule has 0 saturated carbocycles. The summed E-state index contributed by atoms with van der Waals surface area (Å²) < 4.78 is 5.16. The molecule has 1 heterocycles. The number of hydrogen-bond acceptors (Lipinski definition) is 2. The predicted molar refractivity (Wildman–Crippen MR) is 74.5 cm³/mol. The molecule has 2 aromatic rings. The first-order chi connectivity index (χ1) is 8.78. The van der Waals surface area contributed by atoms with Crippen LogP contribution < -0.4 is 9.64 Å². The Kier molecular flexibility index (Phi) is 2.88. The fraction of sp³-hybridized carbons (Fsp3) is 0.200. The Morgan fingerprint density at radius 2 is 1.72 bits per heavy atom. The molecular formula is C15H14ClNO. The summed E-state index contributed by atoms with van der Waals surface area (Å²) in [6.07, 6.45) is 0. The van der Waals surface area contributed by atoms with Gasteiger partial charge in [0, 0.05) is 17.3 Å². The SMILES string of the molecule is COc1ccc(N2C[C@H]2c2ccc(Cl)cc2)cc1. The first kappa shape index (κ1) is 11.4. The molecule has 1 aliphatic rings. The Bertz CT molecular complexity index is 535. The maximum absolute atomic E-state index is 5.90. The second-order valence-corrected chi connectivity index (χ2v) is 4.85. The Hall–Kier alpha value is -1.67. The Morgan fingerprint density at radius 3 is 2.33 bits per heavy atom. The topological polar surface area (TPSA) is 12.2 Å². The van der Waals surface area contributed by atoms with Crippen LogP contribution in [0.3, 0.4) is 0 Å². The molecule has 92 valence electrons. The van der Waals surface area contributed by atoms with Crippen LogP contribution in [0.15, 0.2) is 48.5 Å². The van der Waals surface area contributed by atoms with Crippen molar-refractivity contribution in [2.75, 3.05) is 18.6 Å². The van der Waals surface area contributed by atoms with Crippen LogP contribution >= 0.6 is 11.6 Å². The number of ether oxygens (including phenoxy) is 1. The van der Waals surface area contributed by atoms with E-state index in [0.717, 1.165) is 17.3 Å². The van der Waals surface area contributed by atoms with Gasteiger partial charge >= 0.3 is 0 Å². The van der Waals surface area contributed by atoms with Crippen molar-refractivity contribution >= 4 is 17.3 Å². The minimum atomic E-state index is 0.482. The monoisotopic (exact) mass is 259 g/mol. The minimum Gasteiger partial charge on any atom is -0.497 e. The normalized spacial score (nSPS) is 17.7. The lowest BCUT2D eigenvalue weighted by Gasteiger charge is -2.07. The molecule has 18 heavy (non-hydrogen) atoms. The van der Waals surface area contributed by atoms with Crippen molar-refractivity contribution in [2.24, 2.45) is 0 Å². The van der Waals surface area contributed by atoms with Gasteiger partial charge in [0.2, 0.25) is 0 Å². The third-order valence-corrected chi connectivity index (χ3v) is 3.52. The molecule has 2 nitrogen and oxygen atoms in total. The average Bonchev–Trinajstić information content (AvgIpc) is 3.20. The van der Waals surface area contributed by atoms with Gasteiger partial charge in [0.15, 0.2) is 0 Å². The summed E-state index contributed by atoms with van der Waals surface area (Å²) in [5, 5.41) is 0.787. The van der Waals surface area contributed by atoms with Crippen LogP contribution in [0, 0.1) is 0 Å². The van der Waals surface area contributed by atoms with Gasteiger partial charge in [-0.05, 0) is 42.0 Å². The molecule has 0 aromatic heterocycles. The lowest BCUT2D eigenvalue weighted by Crippen LogP contribution is -1.94. The third-order valence-electron chi connectivity index (χ3n) is 3.27. The van der Waals surface area contributed by atoms with Crippen LogP contribution in [0.1, 0.15) is 11.6 Å². The zero-order valence-corrected chi connectivity index (χ0v) is 10.9. The number of hydrogen-bond donors (Lipinski definition) is 0. The van der Waals surface area contributed by atoms with E-state index in [2.05, 4.69) is 29.2 Å². The molecule has 0 spiro atoms. The molecular weight excluding hydrogens is 246 g/mol. The standard InChI is InChI=1S/C15H14ClNO/c1-18-14-8-6-13(7-9-14)17-10-15(17)11-2-4-12(16)5-3-11/h2-9,15H,10H2,1H3/t15-,17?/m0/s1. The highest BCUT2D eigenvalue weighted by atomic mass is 35.5. The molecule has 0 unspecified atom stereocenters. The van der Waals surface area contributed by atoms with Gasteiger partial charge in [0.25, 0.3) is 0 Å². The van der Waals surface area contributed by atoms with Crippen molar-refractivity contribution in [1.29, 1.82) is 0 Å². The summed E-state index contributed by atoms with van der Waals surface area (Å²) in [6, 6.07) is 16.7. The number of rotatable bonds is 3. The van der Waals surface area contributed by atoms with Crippen LogP contribution in [-0.4, -0.2) is 13.7 Å². The van der Waals surface area contributed by atoms with Gasteiger partial charge in [-0.2, -0.15) is 0 Å². The molecule has 0 radical (unpaired) electrons. The van der Waals surface area contributed by atoms with Gasteiger partial charge < -0.3 is 9.64 Å². The maximum Gasteiger partial charge on any atom is 0.119 e. The molecule has 0 N–H and O–H groups in total. The van der Waals surface area contributed by atoms with Crippen LogP contribution in [0.25, 0.3) is 0 Å². The Labute approximate surface area is 112 Å². The first-order valence-electron chi connectivity index (χ1n) is 5.94. The number of methoxy groups -OCH3 is 1. The van der Waals surface area contributed by atoms with Crippen molar-refractivity contribution in [3.63, 3.8) is 0 Å². The first-order valence-corrected chi connectivity index (χ1v) is 6.32. The van der Waals surface area contributed by atoms with Gasteiger partial charge in [-0.25, -0.2) is 0 Å². The molecule has 1 saturated heterocycles. The van der Waals surface area contributed by atoms with E-state index in [1.807, 2.05) is 24.3 Å². The Morgan fingerprint density at radius 1 is 1.06 bits per heavy atom. The number of nitrogens with zero attached hydrogens (tertiary/aromatic N) is 1. The molecule has 3 rings (SSSR count). The van der Waals surface area contributed by atoms with Crippen LogP contribution in [0.5, 0.6) is 5.75 Å². The number of halogens is 1. The summed E-state index contributed by atoms with van der Waals surface area (Å²) in [5.41, 5.74) is 2.55. The molecule has 2 aromatic carbocycles. The fourth-order valence-electron chi connectivity index (χ4n) is 2.17. The molecule has 3 heteroatoms. The quantitative estimate of drug-likeness (QED) is 0.775. The summed E-state index contributed by atoms with van der Waals surface area (Å²) in [4.78, 5) is 2.35. The van der Waals surface area contributed by atoms with E-state index in [4.69, 9.17) is 16.3 Å². The van der Waals surface area contributed by atoms with Crippen LogP contribution in [0.4, 0.5) is 5.69 Å². The largest absolute Gasteiger partial charge is 0.497 e. The lowest BCUT2D eigenvalue weighted by molar-refractivity contribution is 0.415. The summed E-state index contributed by atoms with van der Waals surface area (Å²) in [5.74, 6) is 0.892. The van der Waals surface area contributed by atoms with Crippen molar-refractivity contribution in [3.05, 3.63) is 59.1 Å². The number of benzene rings is 2. The van der Waals surface area contributed by atoms with E-state index < -0.39 is 0 Å². The third kappa shape index (κ3) is 2.16. The second-order valence-electron chi connectivity index (χ2n) is 4.42. The van der Waals surface area contributed by atoms with Gasteiger partial charge in [-0.15, -0.1) is 0 Å². The average molecular weight is 260 g/mol. The van der Waals surface area contributed by atoms with E-state index in [1.54, 1.807) is 7.11 Å². The summed E-state index contributed by atoms with van der Waals surface area (Å²) in [7, 11) is 1.68. The van der Waals surface area contributed by atoms with E-state index in [0.29, 0.717) is 6.04 Å². The smallest absolute Gasteiger partial charge is 0.119 e. The fourth-order valence-corrected chi connectivity index (χ4v) is 2.29. The Balaban J connectivity index is 1.74. The van der Waals surface area contributed by atoms with E-state index in [1.165, 1.54) is 11.3 Å². The van der Waals surface area contributed by atoms with Crippen LogP contribution in [-0.2, 0) is 0 Å². The van der Waals surface area contributed by atoms with Crippen LogP contribution in [0.2, 0.25) is 5.02 Å². The van der Waals surface area contributed by atoms with Crippen molar-refractivity contribution in [2.45, 2.75) is 6.04 Å². The highest BCUT2D eigenvalue weighted by Gasteiger charge is 2.35. The van der Waals surface area contributed by atoms with Gasteiger partial charge in [0.05, 0.1) is 13.2 Å². The zero-order chi connectivity index (χ0) is 12.5. The van der Waals surface area contributed by atoms with Gasteiger partial charge in [0.1, 0.15) is 5.75 Å². The highest BCUT2D eigenvalue weighted by molar-refractivity contribution is 6.30. The predicted octanol–water partition coefficient (Wildman–Crippen LogP) is 3.91. The molecule has 0 aliphatic carbocycles.